The van der Waals surface area contributed by atoms with Crippen LogP contribution in [0.1, 0.15) is 62.4 Å². The Balaban J connectivity index is 1.45. The Morgan fingerprint density at radius 1 is 0.947 bits per heavy atom. The van der Waals surface area contributed by atoms with Gasteiger partial charge in [-0.3, -0.25) is 14.6 Å². The Morgan fingerprint density at radius 3 is 2.07 bits per heavy atom. The van der Waals surface area contributed by atoms with Gasteiger partial charge in [-0.2, -0.15) is 4.90 Å². The highest BCUT2D eigenvalue weighted by molar-refractivity contribution is 6.99. The van der Waals surface area contributed by atoms with E-state index in [4.69, 9.17) is 9.16 Å². The fraction of sp³-hybridized carbons (Fsp3) is 0.348. The normalized spacial score (nSPS) is 19.5. The molecule has 3 N–H and O–H groups in total. The molecule has 1 aromatic heterocycles. The number of fused-ring (bicyclic) bond motifs is 1. The van der Waals surface area contributed by atoms with Crippen LogP contribution in [0.3, 0.4) is 0 Å². The molecular formula is C46H52N2O8Si. The molecule has 10 nitrogen and oxygen atoms in total. The number of imide groups is 3. The summed E-state index contributed by atoms with van der Waals surface area (Å²) in [6.07, 6.45) is 2.06. The van der Waals surface area contributed by atoms with Gasteiger partial charge < -0.3 is 24.5 Å². The number of aromatic nitrogens is 1. The van der Waals surface area contributed by atoms with Crippen LogP contribution >= 0.6 is 0 Å². The van der Waals surface area contributed by atoms with E-state index in [1.165, 1.54) is 0 Å². The van der Waals surface area contributed by atoms with E-state index in [1.807, 2.05) is 86.7 Å². The predicted octanol–water partition coefficient (Wildman–Crippen LogP) is 6.34. The van der Waals surface area contributed by atoms with Gasteiger partial charge in [0.1, 0.15) is 5.75 Å². The van der Waals surface area contributed by atoms with Crippen molar-refractivity contribution in [2.24, 2.45) is 17.8 Å². The highest BCUT2D eigenvalue weighted by atomic mass is 28.4. The predicted molar refractivity (Wildman–Crippen MR) is 222 cm³/mol. The third kappa shape index (κ3) is 8.02. The highest BCUT2D eigenvalue weighted by Crippen LogP contribution is 2.47. The van der Waals surface area contributed by atoms with E-state index in [2.05, 4.69) is 50.0 Å². The molecular weight excluding hydrogens is 737 g/mol. The maximum Gasteiger partial charge on any atom is 0.423 e. The number of likely N-dealkylation sites (tertiary alicyclic amines) is 1. The van der Waals surface area contributed by atoms with Crippen molar-refractivity contribution in [1.82, 2.24) is 9.88 Å². The Bertz CT molecular complexity index is 2100. The number of rotatable bonds is 12. The van der Waals surface area contributed by atoms with Crippen LogP contribution < -0.4 is 10.4 Å². The van der Waals surface area contributed by atoms with E-state index in [0.29, 0.717) is 28.2 Å². The van der Waals surface area contributed by atoms with Crippen LogP contribution in [0.2, 0.25) is 5.04 Å². The number of aromatic hydroxyl groups is 1. The lowest BCUT2D eigenvalue weighted by Crippen LogP contribution is -2.66. The molecule has 0 unspecified atom stereocenters. The van der Waals surface area contributed by atoms with Crippen LogP contribution in [0.15, 0.2) is 108 Å². The lowest BCUT2D eigenvalue weighted by atomic mass is 9.68. The van der Waals surface area contributed by atoms with Crippen molar-refractivity contribution < 1.29 is 38.9 Å². The minimum absolute atomic E-state index is 0.0219. The summed E-state index contributed by atoms with van der Waals surface area (Å²) in [5, 5.41) is 35.6. The lowest BCUT2D eigenvalue weighted by molar-refractivity contribution is -0.137. The molecule has 3 amide bonds. The molecule has 1 fully saturated rings. The fourth-order valence-corrected chi connectivity index (χ4v) is 13.4. The summed E-state index contributed by atoms with van der Waals surface area (Å²) in [7, 11) is -2.01. The van der Waals surface area contributed by atoms with Crippen molar-refractivity contribution in [3.63, 3.8) is 0 Å². The van der Waals surface area contributed by atoms with Gasteiger partial charge in [-0.05, 0) is 112 Å². The van der Waals surface area contributed by atoms with Crippen LogP contribution in [0.25, 0.3) is 11.6 Å². The number of nitrogens with zero attached hydrogens (tertiary/aromatic N) is 2. The van der Waals surface area contributed by atoms with E-state index in [0.717, 1.165) is 39.7 Å². The molecule has 298 valence electrons. The van der Waals surface area contributed by atoms with Crippen molar-refractivity contribution in [1.29, 1.82) is 0 Å². The number of allylic oxidation sites excluding steroid dienone is 1. The highest BCUT2D eigenvalue weighted by Gasteiger charge is 2.58. The zero-order valence-corrected chi connectivity index (χ0v) is 34.4. The van der Waals surface area contributed by atoms with Crippen molar-refractivity contribution >= 4 is 48.2 Å². The van der Waals surface area contributed by atoms with Gasteiger partial charge in [-0.1, -0.05) is 87.5 Å². The summed E-state index contributed by atoms with van der Waals surface area (Å²) in [6, 6.07) is 29.6. The first-order valence-electron chi connectivity index (χ1n) is 19.4. The van der Waals surface area contributed by atoms with Gasteiger partial charge in [0.15, 0.2) is 0 Å². The first kappa shape index (κ1) is 41.4. The minimum Gasteiger partial charge on any atom is -0.507 e. The fourth-order valence-electron chi connectivity index (χ4n) is 8.87. The molecule has 1 aliphatic carbocycles. The number of aryl methyl sites for hydroxylation is 2. The zero-order valence-electron chi connectivity index (χ0n) is 33.4. The number of aliphatic hydroxyl groups excluding tert-OH is 2. The summed E-state index contributed by atoms with van der Waals surface area (Å²) < 4.78 is 12.2. The quantitative estimate of drug-likeness (QED) is 0.0851. The summed E-state index contributed by atoms with van der Waals surface area (Å²) in [5.74, 6) is -4.19. The summed E-state index contributed by atoms with van der Waals surface area (Å²) in [4.78, 5) is 45.6. The number of benzene rings is 3. The topological polar surface area (TPSA) is 146 Å². The van der Waals surface area contributed by atoms with Gasteiger partial charge in [0.2, 0.25) is 11.8 Å². The second-order valence-electron chi connectivity index (χ2n) is 16.1. The molecule has 0 spiro atoms. The second-order valence-corrected chi connectivity index (χ2v) is 20.4. The number of methoxy groups -OCH3 is 1. The van der Waals surface area contributed by atoms with Gasteiger partial charge in [0, 0.05) is 12.1 Å². The summed E-state index contributed by atoms with van der Waals surface area (Å²) >= 11 is 0. The molecule has 0 radical (unpaired) electrons. The number of amides is 3. The van der Waals surface area contributed by atoms with E-state index in [-0.39, 0.29) is 30.2 Å². The number of carbonyl (C=O) groups excluding carboxylic acids is 3. The van der Waals surface area contributed by atoms with Crippen LogP contribution in [0.5, 0.6) is 5.75 Å². The molecule has 11 heteroatoms. The van der Waals surface area contributed by atoms with Crippen molar-refractivity contribution in [2.45, 2.75) is 65.0 Å². The lowest BCUT2D eigenvalue weighted by Gasteiger charge is -2.44. The van der Waals surface area contributed by atoms with Crippen LogP contribution in [-0.2, 0) is 18.8 Å². The summed E-state index contributed by atoms with van der Waals surface area (Å²) in [6.45, 7) is 9.64. The molecule has 1 aliphatic heterocycles. The third-order valence-corrected chi connectivity index (χ3v) is 16.5. The average molecular weight is 789 g/mol. The van der Waals surface area contributed by atoms with Gasteiger partial charge in [0.25, 0.3) is 8.32 Å². The second kappa shape index (κ2) is 17.1. The minimum atomic E-state index is -3.12. The zero-order chi connectivity index (χ0) is 41.1. The molecule has 0 saturated carbocycles. The molecule has 1 saturated heterocycles. The molecule has 2 heterocycles. The number of phenols is 1. The SMILES string of the molecule is COC(=O)N1C(=O)[C@@H]2[C@@H](CC(CO[Si](c3ccccc3)(c3ccccc3)C(C)(C)C)=C([C@H](O)CC/C(=C/c3cc(C)c(O)c(C)c3)c3ccccn3)[C@@H]2CO)C1=O. The monoisotopic (exact) mass is 788 g/mol. The van der Waals surface area contributed by atoms with E-state index in [1.54, 1.807) is 6.20 Å². The molecule has 4 aromatic rings. The number of aliphatic hydroxyl groups is 2. The van der Waals surface area contributed by atoms with Crippen molar-refractivity contribution in [2.75, 3.05) is 20.3 Å². The van der Waals surface area contributed by atoms with Crippen molar-refractivity contribution in [3.05, 3.63) is 131 Å². The number of pyridine rings is 1. The molecule has 2 aliphatic rings. The summed E-state index contributed by atoms with van der Waals surface area (Å²) in [5.41, 5.74) is 4.95. The molecule has 4 atom stereocenters. The van der Waals surface area contributed by atoms with Gasteiger partial charge >= 0.3 is 6.09 Å². The van der Waals surface area contributed by atoms with Crippen LogP contribution in [-0.4, -0.2) is 77.9 Å². The van der Waals surface area contributed by atoms with E-state index < -0.39 is 56.7 Å². The third-order valence-electron chi connectivity index (χ3n) is 11.5. The first-order valence-corrected chi connectivity index (χ1v) is 21.3. The van der Waals surface area contributed by atoms with E-state index in [9.17, 15) is 29.7 Å². The first-order chi connectivity index (χ1) is 27.2. The number of carbonyl (C=O) groups is 3. The molecule has 6 rings (SSSR count). The largest absolute Gasteiger partial charge is 0.507 e. The number of phenolic OH excluding ortho intramolecular Hbond substituents is 1. The Kier molecular flexibility index (Phi) is 12.4. The smallest absolute Gasteiger partial charge is 0.423 e. The van der Waals surface area contributed by atoms with Crippen molar-refractivity contribution in [3.8, 4) is 5.75 Å². The maximum absolute atomic E-state index is 13.9. The number of ether oxygens (including phenoxy) is 1. The number of hydrogen-bond donors (Lipinski definition) is 3. The van der Waals surface area contributed by atoms with Crippen LogP contribution in [0.4, 0.5) is 4.79 Å². The Morgan fingerprint density at radius 2 is 1.54 bits per heavy atom. The average Bonchev–Trinajstić information content (AvgIpc) is 3.46. The van der Waals surface area contributed by atoms with Crippen LogP contribution in [0, 0.1) is 31.6 Å². The molecule has 57 heavy (non-hydrogen) atoms. The Hall–Kier alpha value is -5.20. The standard InChI is InChI=1S/C46H52N2O8Si/c1-29-23-31(24-30(2)42(29)51)25-32(38-19-13-14-22-47-38)20-21-39(50)40-33(26-36-41(37(40)27-49)44(53)48(43(36)52)45(54)55-6)28-56-57(46(3,4)5,34-15-9-7-10-16-34)35-17-11-8-12-18-35/h7-19,22-25,36-37,39,41,49-51H,20-21,26-28H2,1-6H3/b32-25-/t36-,37+,39-,41-/m1/s1. The molecule has 0 bridgehead atoms. The van der Waals surface area contributed by atoms with Gasteiger partial charge in [-0.15, -0.1) is 0 Å². The molecule has 3 aromatic carbocycles. The Labute approximate surface area is 335 Å². The van der Waals surface area contributed by atoms with Gasteiger partial charge in [-0.25, -0.2) is 4.79 Å². The van der Waals surface area contributed by atoms with E-state index >= 15 is 0 Å². The number of hydrogen-bond acceptors (Lipinski definition) is 9. The van der Waals surface area contributed by atoms with Gasteiger partial charge in [0.05, 0.1) is 44.0 Å². The maximum atomic E-state index is 13.9.